The summed E-state index contributed by atoms with van der Waals surface area (Å²) in [7, 11) is 1.51. The number of para-hydroxylation sites is 1. The van der Waals surface area contributed by atoms with Crippen molar-refractivity contribution in [2.24, 2.45) is 5.92 Å². The summed E-state index contributed by atoms with van der Waals surface area (Å²) in [5.74, 6) is -0.442. The van der Waals surface area contributed by atoms with Crippen LogP contribution in [0.25, 0.3) is 0 Å². The lowest BCUT2D eigenvalue weighted by Crippen LogP contribution is -2.62. The van der Waals surface area contributed by atoms with E-state index in [1.165, 1.54) is 25.8 Å². The molecule has 1 aromatic carbocycles. The first kappa shape index (κ1) is 27.6. The Morgan fingerprint density at radius 3 is 2.56 bits per heavy atom. The number of likely N-dealkylation sites (N-methyl/N-ethyl adjacent to an activating group) is 1. The number of hydrogen-bond donors (Lipinski definition) is 4. The van der Waals surface area contributed by atoms with Crippen LogP contribution in [0.2, 0.25) is 0 Å². The zero-order valence-electron chi connectivity index (χ0n) is 21.0. The molecule has 0 spiro atoms. The molecule has 0 aliphatic carbocycles. The molecule has 1 aliphatic rings. The molecule has 3 atom stereocenters. The summed E-state index contributed by atoms with van der Waals surface area (Å²) in [5, 5.41) is 19.4. The molecule has 0 saturated heterocycles. The summed E-state index contributed by atoms with van der Waals surface area (Å²) in [6.07, 6.45) is 2.20. The number of nitrogens with one attached hydrogen (secondary N) is 3. The molecule has 0 saturated carbocycles. The fraction of sp³-hybridized carbons (Fsp3) is 0.640. The zero-order chi connectivity index (χ0) is 25.3. The number of hydrogen-bond acceptors (Lipinski definition) is 6. The molecule has 3 amide bonds. The van der Waals surface area contributed by atoms with Crippen molar-refractivity contribution < 1.29 is 24.2 Å². The minimum atomic E-state index is -1.52. The molecule has 0 radical (unpaired) electrons. The monoisotopic (exact) mass is 476 g/mol. The number of fused-ring (bicyclic) bond motifs is 1. The van der Waals surface area contributed by atoms with E-state index in [0.717, 1.165) is 30.6 Å². The van der Waals surface area contributed by atoms with Gasteiger partial charge in [-0.3, -0.25) is 14.4 Å². The maximum absolute atomic E-state index is 13.5. The molecule has 1 aliphatic heterocycles. The highest BCUT2D eigenvalue weighted by atomic mass is 16.5. The standard InChI is InChI=1S/C25H40N4O5/c1-6-17(2)21-24(32)29(5)22(25(3,4)33)23(31)28-16-20(30)26-13-9-11-18-10-7-8-12-19(18)34-15-14-27-21/h7-8,10,12,17,21-22,27,33H,6,9,11,13-16H2,1-5H3,(H,26,30)(H,28,31). The van der Waals surface area contributed by atoms with Crippen molar-refractivity contribution in [1.82, 2.24) is 20.9 Å². The summed E-state index contributed by atoms with van der Waals surface area (Å²) in [6, 6.07) is 6.06. The van der Waals surface area contributed by atoms with Gasteiger partial charge in [-0.25, -0.2) is 0 Å². The third-order valence-corrected chi connectivity index (χ3v) is 6.20. The van der Waals surface area contributed by atoms with Crippen molar-refractivity contribution in [3.63, 3.8) is 0 Å². The Bertz CT molecular complexity index is 839. The van der Waals surface area contributed by atoms with Gasteiger partial charge >= 0.3 is 0 Å². The van der Waals surface area contributed by atoms with Gasteiger partial charge in [-0.1, -0.05) is 38.5 Å². The van der Waals surface area contributed by atoms with Crippen LogP contribution < -0.4 is 20.7 Å². The molecule has 190 valence electrons. The smallest absolute Gasteiger partial charge is 0.246 e. The van der Waals surface area contributed by atoms with Crippen molar-refractivity contribution in [2.75, 3.05) is 33.3 Å². The SMILES string of the molecule is CCC(C)C1NCCOc2ccccc2CCCNC(=O)CNC(=O)C(C(C)(C)O)N(C)C1=O. The van der Waals surface area contributed by atoms with Gasteiger partial charge in [-0.2, -0.15) is 0 Å². The summed E-state index contributed by atoms with van der Waals surface area (Å²) in [5.41, 5.74) is -0.466. The second-order valence-electron chi connectivity index (χ2n) is 9.45. The van der Waals surface area contributed by atoms with E-state index in [9.17, 15) is 19.5 Å². The number of aliphatic hydroxyl groups is 1. The lowest BCUT2D eigenvalue weighted by Gasteiger charge is -2.38. The predicted octanol–water partition coefficient (Wildman–Crippen LogP) is 0.846. The summed E-state index contributed by atoms with van der Waals surface area (Å²) < 4.78 is 5.99. The number of rotatable bonds is 3. The van der Waals surface area contributed by atoms with Gasteiger partial charge in [0.2, 0.25) is 17.7 Å². The van der Waals surface area contributed by atoms with Crippen molar-refractivity contribution in [2.45, 2.75) is 64.6 Å². The van der Waals surface area contributed by atoms with E-state index in [1.807, 2.05) is 38.1 Å². The number of benzene rings is 1. The van der Waals surface area contributed by atoms with Crippen molar-refractivity contribution in [3.8, 4) is 5.75 Å². The molecule has 9 heteroatoms. The molecule has 9 nitrogen and oxygen atoms in total. The van der Waals surface area contributed by atoms with E-state index in [1.54, 1.807) is 0 Å². The van der Waals surface area contributed by atoms with Crippen molar-refractivity contribution in [1.29, 1.82) is 0 Å². The van der Waals surface area contributed by atoms with Gasteiger partial charge in [0.25, 0.3) is 0 Å². The lowest BCUT2D eigenvalue weighted by molar-refractivity contribution is -0.150. The lowest BCUT2D eigenvalue weighted by atomic mass is 9.93. The van der Waals surface area contributed by atoms with Crippen LogP contribution in [-0.4, -0.2) is 78.7 Å². The van der Waals surface area contributed by atoms with E-state index >= 15 is 0 Å². The molecule has 1 aromatic rings. The Labute approximate surface area is 202 Å². The van der Waals surface area contributed by atoms with Gasteiger partial charge in [0, 0.05) is 20.1 Å². The van der Waals surface area contributed by atoms with Crippen LogP contribution in [0.15, 0.2) is 24.3 Å². The van der Waals surface area contributed by atoms with Crippen LogP contribution in [-0.2, 0) is 20.8 Å². The van der Waals surface area contributed by atoms with Crippen molar-refractivity contribution in [3.05, 3.63) is 29.8 Å². The quantitative estimate of drug-likeness (QED) is 0.513. The van der Waals surface area contributed by atoms with E-state index in [2.05, 4.69) is 16.0 Å². The molecule has 0 aromatic heterocycles. The fourth-order valence-corrected chi connectivity index (χ4v) is 4.14. The third kappa shape index (κ3) is 7.70. The molecule has 34 heavy (non-hydrogen) atoms. The van der Waals surface area contributed by atoms with Crippen molar-refractivity contribution >= 4 is 17.7 Å². The van der Waals surface area contributed by atoms with Crippen LogP contribution in [0.1, 0.15) is 46.1 Å². The Morgan fingerprint density at radius 2 is 1.88 bits per heavy atom. The van der Waals surface area contributed by atoms with Gasteiger partial charge in [-0.05, 0) is 44.2 Å². The summed E-state index contributed by atoms with van der Waals surface area (Å²) in [4.78, 5) is 39.9. The third-order valence-electron chi connectivity index (χ3n) is 6.20. The van der Waals surface area contributed by atoms with Gasteiger partial charge in [0.1, 0.15) is 18.4 Å². The molecular weight excluding hydrogens is 436 g/mol. The maximum Gasteiger partial charge on any atom is 0.246 e. The average Bonchev–Trinajstić information content (AvgIpc) is 2.79. The first-order chi connectivity index (χ1) is 16.1. The second-order valence-corrected chi connectivity index (χ2v) is 9.45. The number of carbonyl (C=O) groups excluding carboxylic acids is 3. The van der Waals surface area contributed by atoms with Gasteiger partial charge in [0.15, 0.2) is 0 Å². The summed E-state index contributed by atoms with van der Waals surface area (Å²) in [6.45, 7) is 7.94. The van der Waals surface area contributed by atoms with Crippen LogP contribution in [0.4, 0.5) is 0 Å². The zero-order valence-corrected chi connectivity index (χ0v) is 21.0. The maximum atomic E-state index is 13.5. The second kappa shape index (κ2) is 12.7. The van der Waals surface area contributed by atoms with E-state index < -0.39 is 23.6 Å². The molecule has 0 fully saturated rings. The first-order valence-electron chi connectivity index (χ1n) is 12.0. The summed E-state index contributed by atoms with van der Waals surface area (Å²) >= 11 is 0. The minimum Gasteiger partial charge on any atom is -0.492 e. The molecule has 2 rings (SSSR count). The largest absolute Gasteiger partial charge is 0.492 e. The predicted molar refractivity (Wildman–Crippen MR) is 130 cm³/mol. The highest BCUT2D eigenvalue weighted by Crippen LogP contribution is 2.21. The minimum absolute atomic E-state index is 0.0101. The average molecular weight is 477 g/mol. The molecular formula is C25H40N4O5. The van der Waals surface area contributed by atoms with Gasteiger partial charge in [-0.15, -0.1) is 0 Å². The Balaban J connectivity index is 2.29. The molecule has 4 N–H and O–H groups in total. The first-order valence-corrected chi connectivity index (χ1v) is 12.0. The van der Waals surface area contributed by atoms with Crippen LogP contribution in [0.5, 0.6) is 5.75 Å². The van der Waals surface area contributed by atoms with Crippen LogP contribution in [0, 0.1) is 5.92 Å². The Kier molecular flexibility index (Phi) is 10.3. The topological polar surface area (TPSA) is 120 Å². The van der Waals surface area contributed by atoms with Crippen LogP contribution >= 0.6 is 0 Å². The molecule has 1 heterocycles. The molecule has 0 bridgehead atoms. The number of carbonyl (C=O) groups is 3. The van der Waals surface area contributed by atoms with Gasteiger partial charge < -0.3 is 30.7 Å². The van der Waals surface area contributed by atoms with E-state index in [4.69, 9.17) is 4.74 Å². The number of amides is 3. The Morgan fingerprint density at radius 1 is 1.18 bits per heavy atom. The fourth-order valence-electron chi connectivity index (χ4n) is 4.14. The number of ether oxygens (including phenoxy) is 1. The number of nitrogens with zero attached hydrogens (tertiary/aromatic N) is 1. The normalized spacial score (nSPS) is 23.0. The van der Waals surface area contributed by atoms with E-state index in [0.29, 0.717) is 19.7 Å². The van der Waals surface area contributed by atoms with Crippen LogP contribution in [0.3, 0.4) is 0 Å². The van der Waals surface area contributed by atoms with Gasteiger partial charge in [0.05, 0.1) is 18.2 Å². The number of aryl methyl sites for hydroxylation is 1. The molecule has 3 unspecified atom stereocenters. The van der Waals surface area contributed by atoms with E-state index in [-0.39, 0.29) is 24.3 Å². The highest BCUT2D eigenvalue weighted by molar-refractivity contribution is 5.92. The Hall–Kier alpha value is -2.65. The highest BCUT2D eigenvalue weighted by Gasteiger charge is 2.41.